The Morgan fingerprint density at radius 1 is 1.04 bits per heavy atom. The van der Waals surface area contributed by atoms with Gasteiger partial charge >= 0.3 is 0 Å². The number of amides is 1. The number of hydrogen-bond acceptors (Lipinski definition) is 1. The number of halogens is 2. The first kappa shape index (κ1) is 18.9. The van der Waals surface area contributed by atoms with E-state index in [0.29, 0.717) is 22.2 Å². The molecule has 0 radical (unpaired) electrons. The molecule has 142 valence electrons. The summed E-state index contributed by atoms with van der Waals surface area (Å²) in [4.78, 5) is 12.1. The fourth-order valence-corrected chi connectivity index (χ4v) is 4.30. The Kier molecular flexibility index (Phi) is 5.05. The van der Waals surface area contributed by atoms with Crippen molar-refractivity contribution in [3.05, 3.63) is 81.3 Å². The van der Waals surface area contributed by atoms with Crippen molar-refractivity contribution < 1.29 is 4.79 Å². The SMILES string of the molecule is CCCc1ccc2c3c(C(N)=O)cccc3n(Cc3ccc(Cl)cc3Cl)c2c1. The lowest BCUT2D eigenvalue weighted by molar-refractivity contribution is 0.100. The molecule has 3 aromatic carbocycles. The standard InChI is InChI=1S/C23H20Cl2N2O/c1-2-4-14-7-10-17-21(11-14)27(13-15-8-9-16(24)12-19(15)25)20-6-3-5-18(22(17)20)23(26)28/h3,5-12H,2,4,13H2,1H3,(H2,26,28). The number of hydrogen-bond donors (Lipinski definition) is 1. The molecule has 0 unspecified atom stereocenters. The molecule has 1 aromatic heterocycles. The highest BCUT2D eigenvalue weighted by atomic mass is 35.5. The van der Waals surface area contributed by atoms with Crippen LogP contribution in [0.4, 0.5) is 0 Å². The van der Waals surface area contributed by atoms with Gasteiger partial charge in [-0.25, -0.2) is 0 Å². The third-order valence-corrected chi connectivity index (χ3v) is 5.69. The number of nitrogens with zero attached hydrogens (tertiary/aromatic N) is 1. The molecular weight excluding hydrogens is 391 g/mol. The molecule has 0 aliphatic heterocycles. The molecule has 0 fully saturated rings. The maximum Gasteiger partial charge on any atom is 0.249 e. The topological polar surface area (TPSA) is 48.0 Å². The van der Waals surface area contributed by atoms with Crippen LogP contribution in [0.1, 0.15) is 34.8 Å². The van der Waals surface area contributed by atoms with E-state index in [1.165, 1.54) is 5.56 Å². The van der Waals surface area contributed by atoms with Crippen molar-refractivity contribution >= 4 is 50.9 Å². The van der Waals surface area contributed by atoms with E-state index in [0.717, 1.165) is 40.2 Å². The normalized spacial score (nSPS) is 11.4. The molecule has 0 bridgehead atoms. The highest BCUT2D eigenvalue weighted by Crippen LogP contribution is 2.34. The monoisotopic (exact) mass is 410 g/mol. The third-order valence-electron chi connectivity index (χ3n) is 5.10. The summed E-state index contributed by atoms with van der Waals surface area (Å²) in [6, 6.07) is 17.6. The van der Waals surface area contributed by atoms with Crippen LogP contribution < -0.4 is 5.73 Å². The number of rotatable bonds is 5. The van der Waals surface area contributed by atoms with Crippen molar-refractivity contribution in [1.29, 1.82) is 0 Å². The lowest BCUT2D eigenvalue weighted by atomic mass is 10.0. The zero-order chi connectivity index (χ0) is 19.8. The zero-order valence-corrected chi connectivity index (χ0v) is 17.0. The number of primary amides is 1. The summed E-state index contributed by atoms with van der Waals surface area (Å²) >= 11 is 12.5. The number of carbonyl (C=O) groups excluding carboxylic acids is 1. The summed E-state index contributed by atoms with van der Waals surface area (Å²) in [5.74, 6) is -0.424. The zero-order valence-electron chi connectivity index (χ0n) is 15.5. The second-order valence-electron chi connectivity index (χ2n) is 6.99. The van der Waals surface area contributed by atoms with Gasteiger partial charge in [-0.15, -0.1) is 0 Å². The van der Waals surface area contributed by atoms with Crippen molar-refractivity contribution in [2.75, 3.05) is 0 Å². The molecule has 5 heteroatoms. The Balaban J connectivity index is 2.02. The predicted octanol–water partition coefficient (Wildman–Crippen LogP) is 6.20. The molecule has 0 aliphatic rings. The van der Waals surface area contributed by atoms with Crippen LogP contribution in [0.25, 0.3) is 21.8 Å². The second-order valence-corrected chi connectivity index (χ2v) is 7.83. The largest absolute Gasteiger partial charge is 0.366 e. The van der Waals surface area contributed by atoms with E-state index in [2.05, 4.69) is 29.7 Å². The van der Waals surface area contributed by atoms with Gasteiger partial charge in [0.1, 0.15) is 0 Å². The van der Waals surface area contributed by atoms with Crippen LogP contribution in [0.3, 0.4) is 0 Å². The lowest BCUT2D eigenvalue weighted by Gasteiger charge is -2.11. The quantitative estimate of drug-likeness (QED) is 0.418. The van der Waals surface area contributed by atoms with Crippen molar-refractivity contribution in [3.8, 4) is 0 Å². The molecule has 0 atom stereocenters. The van der Waals surface area contributed by atoms with Gasteiger partial charge in [0, 0.05) is 38.4 Å². The average Bonchev–Trinajstić information content (AvgIpc) is 2.97. The van der Waals surface area contributed by atoms with Gasteiger partial charge in [-0.2, -0.15) is 0 Å². The van der Waals surface area contributed by atoms with E-state index < -0.39 is 5.91 Å². The Morgan fingerprint density at radius 2 is 1.86 bits per heavy atom. The van der Waals surface area contributed by atoms with Gasteiger partial charge in [0.15, 0.2) is 0 Å². The van der Waals surface area contributed by atoms with Gasteiger partial charge in [0.05, 0.1) is 5.52 Å². The van der Waals surface area contributed by atoms with E-state index in [1.807, 2.05) is 24.3 Å². The van der Waals surface area contributed by atoms with Crippen molar-refractivity contribution in [3.63, 3.8) is 0 Å². The molecular formula is C23H20Cl2N2O. The van der Waals surface area contributed by atoms with Crippen LogP contribution in [0.2, 0.25) is 10.0 Å². The van der Waals surface area contributed by atoms with Crippen molar-refractivity contribution in [1.82, 2.24) is 4.57 Å². The number of aromatic nitrogens is 1. The average molecular weight is 411 g/mol. The fraction of sp³-hybridized carbons (Fsp3) is 0.174. The van der Waals surface area contributed by atoms with E-state index in [4.69, 9.17) is 28.9 Å². The Labute approximate surface area is 173 Å². The van der Waals surface area contributed by atoms with Crippen LogP contribution in [-0.4, -0.2) is 10.5 Å². The number of nitrogens with two attached hydrogens (primary N) is 1. The van der Waals surface area contributed by atoms with Gasteiger partial charge in [-0.3, -0.25) is 4.79 Å². The third kappa shape index (κ3) is 3.25. The smallest absolute Gasteiger partial charge is 0.249 e. The Hall–Kier alpha value is -2.49. The van der Waals surface area contributed by atoms with Gasteiger partial charge in [-0.05, 0) is 47.9 Å². The molecule has 0 saturated carbocycles. The van der Waals surface area contributed by atoms with Crippen molar-refractivity contribution in [2.24, 2.45) is 5.73 Å². The van der Waals surface area contributed by atoms with Gasteiger partial charge in [0.25, 0.3) is 0 Å². The molecule has 1 heterocycles. The van der Waals surface area contributed by atoms with Gasteiger partial charge in [-0.1, -0.05) is 60.8 Å². The van der Waals surface area contributed by atoms with Crippen LogP contribution in [0.15, 0.2) is 54.6 Å². The summed E-state index contributed by atoms with van der Waals surface area (Å²) < 4.78 is 2.20. The molecule has 0 saturated heterocycles. The summed E-state index contributed by atoms with van der Waals surface area (Å²) in [7, 11) is 0. The number of benzene rings is 3. The second kappa shape index (κ2) is 7.50. The van der Waals surface area contributed by atoms with Crippen molar-refractivity contribution in [2.45, 2.75) is 26.3 Å². The predicted molar refractivity (Wildman–Crippen MR) is 118 cm³/mol. The highest BCUT2D eigenvalue weighted by molar-refractivity contribution is 6.35. The molecule has 1 amide bonds. The lowest BCUT2D eigenvalue weighted by Crippen LogP contribution is -2.11. The van der Waals surface area contributed by atoms with Gasteiger partial charge in [0.2, 0.25) is 5.91 Å². The molecule has 0 spiro atoms. The maximum absolute atomic E-state index is 12.1. The Bertz CT molecular complexity index is 1210. The first-order valence-electron chi connectivity index (χ1n) is 9.27. The summed E-state index contributed by atoms with van der Waals surface area (Å²) in [6.07, 6.45) is 2.07. The van der Waals surface area contributed by atoms with E-state index in [1.54, 1.807) is 12.1 Å². The first-order chi connectivity index (χ1) is 13.5. The van der Waals surface area contributed by atoms with Crippen LogP contribution in [-0.2, 0) is 13.0 Å². The summed E-state index contributed by atoms with van der Waals surface area (Å²) in [5, 5.41) is 3.14. The Morgan fingerprint density at radius 3 is 2.57 bits per heavy atom. The molecule has 4 aromatic rings. The number of carbonyl (C=O) groups is 1. The van der Waals surface area contributed by atoms with Crippen LogP contribution in [0, 0.1) is 0 Å². The first-order valence-corrected chi connectivity index (χ1v) is 10.0. The minimum atomic E-state index is -0.424. The fourth-order valence-electron chi connectivity index (χ4n) is 3.83. The highest BCUT2D eigenvalue weighted by Gasteiger charge is 2.17. The van der Waals surface area contributed by atoms with E-state index in [-0.39, 0.29) is 0 Å². The molecule has 28 heavy (non-hydrogen) atoms. The van der Waals surface area contributed by atoms with Gasteiger partial charge < -0.3 is 10.3 Å². The van der Waals surface area contributed by atoms with Crippen LogP contribution >= 0.6 is 23.2 Å². The number of aryl methyl sites for hydroxylation is 1. The minimum absolute atomic E-state index is 0.424. The molecule has 4 rings (SSSR count). The molecule has 2 N–H and O–H groups in total. The maximum atomic E-state index is 12.1. The summed E-state index contributed by atoms with van der Waals surface area (Å²) in [6.45, 7) is 2.74. The number of fused-ring (bicyclic) bond motifs is 3. The molecule has 3 nitrogen and oxygen atoms in total. The minimum Gasteiger partial charge on any atom is -0.366 e. The molecule has 0 aliphatic carbocycles. The summed E-state index contributed by atoms with van der Waals surface area (Å²) in [5.41, 5.74) is 10.5. The van der Waals surface area contributed by atoms with Crippen LogP contribution in [0.5, 0.6) is 0 Å². The van der Waals surface area contributed by atoms with E-state index >= 15 is 0 Å². The van der Waals surface area contributed by atoms with E-state index in [9.17, 15) is 4.79 Å².